The maximum Gasteiger partial charge on any atom is 0.231 e. The van der Waals surface area contributed by atoms with Crippen LogP contribution in [0.25, 0.3) is 6.08 Å². The Kier molecular flexibility index (Phi) is 8.10. The quantitative estimate of drug-likeness (QED) is 0.520. The molecule has 0 fully saturated rings. The maximum atomic E-state index is 13.0. The van der Waals surface area contributed by atoms with E-state index in [1.807, 2.05) is 0 Å². The van der Waals surface area contributed by atoms with Gasteiger partial charge in [-0.2, -0.15) is 0 Å². The normalized spacial score (nSPS) is 14.0. The van der Waals surface area contributed by atoms with Crippen molar-refractivity contribution in [3.8, 4) is 23.0 Å². The lowest BCUT2D eigenvalue weighted by molar-refractivity contribution is -0.914. The molecular weight excluding hydrogens is 414 g/mol. The number of fused-ring (bicyclic) bond motifs is 1. The zero-order valence-corrected chi connectivity index (χ0v) is 18.9. The number of carbonyl (C=O) groups is 1. The van der Waals surface area contributed by atoms with Gasteiger partial charge in [0.25, 0.3) is 0 Å². The summed E-state index contributed by atoms with van der Waals surface area (Å²) in [4.78, 5) is 14.1. The Hall–Kier alpha value is -3.07. The van der Waals surface area contributed by atoms with E-state index in [0.717, 1.165) is 4.90 Å². The van der Waals surface area contributed by atoms with Gasteiger partial charge in [-0.25, -0.2) is 0 Å². The number of quaternary nitrogens is 1. The van der Waals surface area contributed by atoms with E-state index in [-0.39, 0.29) is 17.3 Å². The Morgan fingerprint density at radius 3 is 2.34 bits per heavy atom. The number of allylic oxidation sites excluding steroid dienone is 1. The van der Waals surface area contributed by atoms with Gasteiger partial charge >= 0.3 is 0 Å². The number of para-hydroxylation sites is 1. The molecule has 2 aromatic rings. The molecule has 2 aromatic carbocycles. The predicted octanol–water partition coefficient (Wildman–Crippen LogP) is 1.07. The summed E-state index contributed by atoms with van der Waals surface area (Å²) in [5.41, 5.74) is 1.49. The summed E-state index contributed by atoms with van der Waals surface area (Å²) >= 11 is 0. The molecule has 3 rings (SSSR count). The zero-order chi connectivity index (χ0) is 23.1. The zero-order valence-electron chi connectivity index (χ0n) is 18.9. The minimum Gasteiger partial charge on any atom is -0.872 e. The van der Waals surface area contributed by atoms with Gasteiger partial charge in [-0.15, -0.1) is 0 Å². The van der Waals surface area contributed by atoms with Crippen molar-refractivity contribution in [3.05, 3.63) is 52.8 Å². The highest BCUT2D eigenvalue weighted by Gasteiger charge is 2.31. The van der Waals surface area contributed by atoms with Crippen LogP contribution in [0.5, 0.6) is 23.0 Å². The first-order valence-electron chi connectivity index (χ1n) is 10.3. The van der Waals surface area contributed by atoms with Crippen LogP contribution in [0.4, 0.5) is 0 Å². The second kappa shape index (κ2) is 11.0. The van der Waals surface area contributed by atoms with E-state index in [1.54, 1.807) is 45.6 Å². The van der Waals surface area contributed by atoms with E-state index in [2.05, 4.69) is 0 Å². The van der Waals surface area contributed by atoms with Crippen LogP contribution in [0, 0.1) is 0 Å². The lowest BCUT2D eigenvalue weighted by Crippen LogP contribution is -3.11. The van der Waals surface area contributed by atoms with Crippen LogP contribution in [0.3, 0.4) is 0 Å². The number of ether oxygens (including phenoxy) is 5. The number of methoxy groups -OCH3 is 4. The molecule has 1 N–H and O–H groups in total. The SMILES string of the molecule is COCC[NH+](CCOC)Cc1c([O-])ccc2c1O/C(=C\c1cccc(OC)c1OC)C2=O. The monoisotopic (exact) mass is 443 g/mol. The van der Waals surface area contributed by atoms with E-state index in [9.17, 15) is 9.90 Å². The summed E-state index contributed by atoms with van der Waals surface area (Å²) in [6.45, 7) is 2.88. The fraction of sp³-hybridized carbons (Fsp3) is 0.375. The number of nitrogens with one attached hydrogen (secondary N) is 1. The van der Waals surface area contributed by atoms with Crippen LogP contribution in [0.2, 0.25) is 0 Å². The number of carbonyl (C=O) groups excluding carboxylic acids is 1. The van der Waals surface area contributed by atoms with Gasteiger partial charge in [0.2, 0.25) is 5.78 Å². The standard InChI is InChI=1S/C24H29NO7/c1-28-12-10-25(11-13-29-2)15-18-19(26)9-8-17-22(27)21(32-24(17)18)14-16-6-5-7-20(30-3)23(16)31-4/h5-9,14,26H,10-13,15H2,1-4H3/b21-14-. The van der Waals surface area contributed by atoms with Crippen molar-refractivity contribution in [3.63, 3.8) is 0 Å². The van der Waals surface area contributed by atoms with Gasteiger partial charge in [0.05, 0.1) is 33.0 Å². The number of hydrogen-bond donors (Lipinski definition) is 1. The van der Waals surface area contributed by atoms with Gasteiger partial charge in [0.15, 0.2) is 17.3 Å². The number of ketones is 1. The first kappa shape index (κ1) is 23.6. The average molecular weight is 443 g/mol. The molecule has 0 radical (unpaired) electrons. The Morgan fingerprint density at radius 1 is 1.00 bits per heavy atom. The minimum atomic E-state index is -0.276. The molecular formula is C24H29NO7. The van der Waals surface area contributed by atoms with Crippen molar-refractivity contribution in [2.45, 2.75) is 6.54 Å². The molecule has 0 saturated heterocycles. The second-order valence-electron chi connectivity index (χ2n) is 7.35. The number of rotatable bonds is 11. The fourth-order valence-electron chi connectivity index (χ4n) is 3.67. The molecule has 0 amide bonds. The molecule has 172 valence electrons. The third-order valence-corrected chi connectivity index (χ3v) is 5.36. The molecule has 8 heteroatoms. The number of Topliss-reactive ketones (excluding diaryl/α,β-unsaturated/α-hetero) is 1. The van der Waals surface area contributed by atoms with E-state index in [1.165, 1.54) is 19.2 Å². The van der Waals surface area contributed by atoms with Crippen LogP contribution in [-0.2, 0) is 16.0 Å². The third-order valence-electron chi connectivity index (χ3n) is 5.36. The summed E-state index contributed by atoms with van der Waals surface area (Å²) in [5, 5.41) is 12.7. The largest absolute Gasteiger partial charge is 0.872 e. The second-order valence-corrected chi connectivity index (χ2v) is 7.35. The van der Waals surface area contributed by atoms with Crippen molar-refractivity contribution in [1.82, 2.24) is 0 Å². The Morgan fingerprint density at radius 2 is 1.72 bits per heavy atom. The summed E-state index contributed by atoms with van der Waals surface area (Å²) in [5.74, 6) is 1.06. The van der Waals surface area contributed by atoms with Crippen LogP contribution in [-0.4, -0.2) is 60.5 Å². The first-order chi connectivity index (χ1) is 15.5. The van der Waals surface area contributed by atoms with E-state index in [0.29, 0.717) is 66.8 Å². The Bertz CT molecular complexity index is 979. The van der Waals surface area contributed by atoms with Crippen molar-refractivity contribution in [2.75, 3.05) is 54.7 Å². The third kappa shape index (κ3) is 5.04. The molecule has 1 heterocycles. The Labute approximate surface area is 187 Å². The first-order valence-corrected chi connectivity index (χ1v) is 10.3. The molecule has 0 atom stereocenters. The summed E-state index contributed by atoms with van der Waals surface area (Å²) in [7, 11) is 6.36. The van der Waals surface area contributed by atoms with Gasteiger partial charge in [-0.3, -0.25) is 4.79 Å². The van der Waals surface area contributed by atoms with Crippen LogP contribution in [0.15, 0.2) is 36.1 Å². The molecule has 0 unspecified atom stereocenters. The molecule has 0 saturated carbocycles. The number of hydrogen-bond acceptors (Lipinski definition) is 7. The van der Waals surface area contributed by atoms with Gasteiger partial charge in [0, 0.05) is 25.3 Å². The highest BCUT2D eigenvalue weighted by atomic mass is 16.5. The topological polar surface area (TPSA) is 90.7 Å². The fourth-order valence-corrected chi connectivity index (χ4v) is 3.67. The van der Waals surface area contributed by atoms with Gasteiger partial charge in [0.1, 0.15) is 25.4 Å². The highest BCUT2D eigenvalue weighted by Crippen LogP contribution is 2.39. The summed E-state index contributed by atoms with van der Waals surface area (Å²) < 4.78 is 27.1. The van der Waals surface area contributed by atoms with Crippen molar-refractivity contribution in [1.29, 1.82) is 0 Å². The van der Waals surface area contributed by atoms with Crippen LogP contribution < -0.4 is 24.2 Å². The van der Waals surface area contributed by atoms with Crippen molar-refractivity contribution < 1.29 is 38.5 Å². The van der Waals surface area contributed by atoms with Crippen LogP contribution >= 0.6 is 0 Å². The smallest absolute Gasteiger partial charge is 0.231 e. The van der Waals surface area contributed by atoms with Gasteiger partial charge in [-0.05, 0) is 18.2 Å². The van der Waals surface area contributed by atoms with E-state index >= 15 is 0 Å². The minimum absolute atomic E-state index is 0.133. The summed E-state index contributed by atoms with van der Waals surface area (Å²) in [6, 6.07) is 8.32. The predicted molar refractivity (Wildman–Crippen MR) is 117 cm³/mol. The van der Waals surface area contributed by atoms with Crippen molar-refractivity contribution in [2.24, 2.45) is 0 Å². The van der Waals surface area contributed by atoms with E-state index < -0.39 is 0 Å². The lowest BCUT2D eigenvalue weighted by Gasteiger charge is -2.23. The molecule has 0 bridgehead atoms. The van der Waals surface area contributed by atoms with Crippen LogP contribution in [0.1, 0.15) is 21.5 Å². The lowest BCUT2D eigenvalue weighted by atomic mass is 10.0. The molecule has 1 aliphatic rings. The van der Waals surface area contributed by atoms with E-state index in [4.69, 9.17) is 23.7 Å². The van der Waals surface area contributed by atoms with Gasteiger partial charge < -0.3 is 33.7 Å². The number of benzene rings is 2. The molecule has 8 nitrogen and oxygen atoms in total. The average Bonchev–Trinajstić information content (AvgIpc) is 3.12. The highest BCUT2D eigenvalue weighted by molar-refractivity contribution is 6.15. The molecule has 1 aliphatic heterocycles. The Balaban J connectivity index is 1.94. The molecule has 0 spiro atoms. The molecule has 32 heavy (non-hydrogen) atoms. The van der Waals surface area contributed by atoms with Crippen molar-refractivity contribution >= 4 is 11.9 Å². The maximum absolute atomic E-state index is 13.0. The molecule has 0 aliphatic carbocycles. The molecule has 0 aromatic heterocycles. The summed E-state index contributed by atoms with van der Waals surface area (Å²) in [6.07, 6.45) is 1.61. The van der Waals surface area contributed by atoms with Gasteiger partial charge in [-0.1, -0.05) is 23.9 Å².